The molecule has 172 valence electrons. The molecule has 1 N–H and O–H groups in total. The molecule has 1 aliphatic heterocycles. The molecule has 1 aliphatic rings. The minimum absolute atomic E-state index is 0.0400. The molecule has 0 aliphatic carbocycles. The van der Waals surface area contributed by atoms with Gasteiger partial charge in [-0.3, -0.25) is 25.0 Å². The highest BCUT2D eigenvalue weighted by Crippen LogP contribution is 2.25. The van der Waals surface area contributed by atoms with Crippen LogP contribution in [0.25, 0.3) is 16.9 Å². The van der Waals surface area contributed by atoms with Gasteiger partial charge in [-0.25, -0.2) is 4.68 Å². The number of hydrogen-bond donors (Lipinski definition) is 1. The number of piperazine rings is 1. The molecule has 0 amide bonds. The van der Waals surface area contributed by atoms with Crippen molar-refractivity contribution in [3.05, 3.63) is 74.6 Å². The number of likely N-dealkylation sites (N-methyl/N-ethyl adjacent to an activating group) is 1. The number of methoxy groups -OCH3 is 1. The zero-order valence-electron chi connectivity index (χ0n) is 18.8. The SMILES string of the molecule is COc1ccc(-c2[nH]n(-c3ccc([N+](=O)[O-])cc3)c(=O)c2C(C)=NN2CCN(C)CC2)cc1. The summed E-state index contributed by atoms with van der Waals surface area (Å²) in [5.74, 6) is 0.709. The molecule has 0 radical (unpaired) electrons. The Balaban J connectivity index is 1.80. The Morgan fingerprint density at radius 2 is 1.70 bits per heavy atom. The predicted octanol–water partition coefficient (Wildman–Crippen LogP) is 2.72. The minimum Gasteiger partial charge on any atom is -0.497 e. The van der Waals surface area contributed by atoms with Crippen molar-refractivity contribution >= 4 is 11.4 Å². The summed E-state index contributed by atoms with van der Waals surface area (Å²) in [4.78, 5) is 26.3. The molecule has 10 heteroatoms. The van der Waals surface area contributed by atoms with E-state index in [0.29, 0.717) is 28.4 Å². The van der Waals surface area contributed by atoms with Gasteiger partial charge in [-0.05, 0) is 50.4 Å². The number of ether oxygens (including phenoxy) is 1. The normalized spacial score (nSPS) is 15.0. The molecule has 33 heavy (non-hydrogen) atoms. The largest absolute Gasteiger partial charge is 0.497 e. The lowest BCUT2D eigenvalue weighted by molar-refractivity contribution is -0.384. The lowest BCUT2D eigenvalue weighted by Crippen LogP contribution is -2.42. The van der Waals surface area contributed by atoms with Crippen LogP contribution in [0.1, 0.15) is 12.5 Å². The Bertz CT molecular complexity index is 1220. The van der Waals surface area contributed by atoms with E-state index >= 15 is 0 Å². The number of nitrogens with one attached hydrogen (secondary N) is 1. The van der Waals surface area contributed by atoms with Gasteiger partial charge in [-0.1, -0.05) is 0 Å². The number of nitro groups is 1. The molecule has 1 aromatic heterocycles. The van der Waals surface area contributed by atoms with Crippen LogP contribution in [-0.2, 0) is 0 Å². The number of nitrogens with zero attached hydrogens (tertiary/aromatic N) is 5. The van der Waals surface area contributed by atoms with Gasteiger partial charge in [-0.2, -0.15) is 5.10 Å². The lowest BCUT2D eigenvalue weighted by atomic mass is 10.1. The number of aromatic nitrogens is 2. The molecule has 0 spiro atoms. The van der Waals surface area contributed by atoms with Gasteiger partial charge in [0.15, 0.2) is 0 Å². The molecule has 10 nitrogen and oxygen atoms in total. The van der Waals surface area contributed by atoms with E-state index in [9.17, 15) is 14.9 Å². The maximum Gasteiger partial charge on any atom is 0.281 e. The van der Waals surface area contributed by atoms with Gasteiger partial charge < -0.3 is 9.64 Å². The molecule has 0 atom stereocenters. The summed E-state index contributed by atoms with van der Waals surface area (Å²) in [6.45, 7) is 5.21. The van der Waals surface area contributed by atoms with E-state index < -0.39 is 4.92 Å². The topological polar surface area (TPSA) is 109 Å². The van der Waals surface area contributed by atoms with E-state index in [0.717, 1.165) is 31.7 Å². The van der Waals surface area contributed by atoms with Crippen molar-refractivity contribution < 1.29 is 9.66 Å². The summed E-state index contributed by atoms with van der Waals surface area (Å²) in [6, 6.07) is 13.2. The fraction of sp³-hybridized carbons (Fsp3) is 0.304. The third kappa shape index (κ3) is 4.65. The average molecular weight is 450 g/mol. The van der Waals surface area contributed by atoms with Crippen molar-refractivity contribution in [1.82, 2.24) is 19.7 Å². The first-order valence-corrected chi connectivity index (χ1v) is 10.6. The number of H-pyrrole nitrogens is 1. The van der Waals surface area contributed by atoms with Crippen molar-refractivity contribution in [2.24, 2.45) is 5.10 Å². The second-order valence-corrected chi connectivity index (χ2v) is 7.95. The maximum absolute atomic E-state index is 13.5. The van der Waals surface area contributed by atoms with E-state index in [4.69, 9.17) is 9.84 Å². The van der Waals surface area contributed by atoms with Gasteiger partial charge >= 0.3 is 0 Å². The van der Waals surface area contributed by atoms with Crippen LogP contribution >= 0.6 is 0 Å². The summed E-state index contributed by atoms with van der Waals surface area (Å²) in [5, 5.41) is 20.9. The Hall–Kier alpha value is -3.92. The van der Waals surface area contributed by atoms with Crippen LogP contribution in [0.5, 0.6) is 5.75 Å². The number of nitro benzene ring substituents is 1. The van der Waals surface area contributed by atoms with Crippen LogP contribution in [0.15, 0.2) is 58.4 Å². The molecule has 0 unspecified atom stereocenters. The molecule has 0 bridgehead atoms. The third-order valence-electron chi connectivity index (χ3n) is 5.72. The quantitative estimate of drug-likeness (QED) is 0.351. The van der Waals surface area contributed by atoms with Crippen molar-refractivity contribution in [3.8, 4) is 22.7 Å². The number of non-ortho nitro benzene ring substituents is 1. The monoisotopic (exact) mass is 450 g/mol. The molecule has 4 rings (SSSR count). The first-order chi connectivity index (χ1) is 15.9. The van der Waals surface area contributed by atoms with E-state index in [-0.39, 0.29) is 11.2 Å². The van der Waals surface area contributed by atoms with Gasteiger partial charge in [0.05, 0.1) is 34.7 Å². The van der Waals surface area contributed by atoms with Gasteiger partial charge in [0.2, 0.25) is 0 Å². The fourth-order valence-electron chi connectivity index (χ4n) is 3.80. The summed E-state index contributed by atoms with van der Waals surface area (Å²) < 4.78 is 6.64. The predicted molar refractivity (Wildman–Crippen MR) is 126 cm³/mol. The Kier molecular flexibility index (Phi) is 6.27. The summed E-state index contributed by atoms with van der Waals surface area (Å²) in [6.07, 6.45) is 0. The number of benzene rings is 2. The molecule has 1 saturated heterocycles. The summed E-state index contributed by atoms with van der Waals surface area (Å²) in [5.41, 5.74) is 2.67. The molecule has 2 heterocycles. The van der Waals surface area contributed by atoms with Crippen molar-refractivity contribution in [3.63, 3.8) is 0 Å². The second-order valence-electron chi connectivity index (χ2n) is 7.95. The fourth-order valence-corrected chi connectivity index (χ4v) is 3.80. The standard InChI is InChI=1S/C23H26N6O4/c1-16(24-27-14-12-26(2)13-15-27)21-22(17-4-10-20(33-3)11-5-17)25-28(23(21)30)18-6-8-19(9-7-18)29(31)32/h4-11,25H,12-15H2,1-3H3. The van der Waals surface area contributed by atoms with E-state index in [1.165, 1.54) is 16.8 Å². The zero-order valence-corrected chi connectivity index (χ0v) is 18.8. The highest BCUT2D eigenvalue weighted by atomic mass is 16.6. The molecule has 1 fully saturated rings. The average Bonchev–Trinajstić information content (AvgIpc) is 3.17. The summed E-state index contributed by atoms with van der Waals surface area (Å²) in [7, 11) is 3.67. The zero-order chi connectivity index (χ0) is 23.5. The number of hydrogen-bond acceptors (Lipinski definition) is 7. The van der Waals surface area contributed by atoms with Gasteiger partial charge in [0, 0.05) is 43.9 Å². The first-order valence-electron chi connectivity index (χ1n) is 10.6. The molecular weight excluding hydrogens is 424 g/mol. The Morgan fingerprint density at radius 1 is 1.06 bits per heavy atom. The maximum atomic E-state index is 13.5. The van der Waals surface area contributed by atoms with E-state index in [1.807, 2.05) is 36.2 Å². The number of hydrazone groups is 1. The Morgan fingerprint density at radius 3 is 2.27 bits per heavy atom. The highest BCUT2D eigenvalue weighted by Gasteiger charge is 2.21. The second kappa shape index (κ2) is 9.29. The van der Waals surface area contributed by atoms with Crippen molar-refractivity contribution in [2.75, 3.05) is 40.3 Å². The Labute approximate surface area is 190 Å². The summed E-state index contributed by atoms with van der Waals surface area (Å²) >= 11 is 0. The first kappa shape index (κ1) is 22.3. The number of rotatable bonds is 6. The molecule has 3 aromatic rings. The van der Waals surface area contributed by atoms with Crippen LogP contribution in [-0.4, -0.2) is 70.7 Å². The molecular formula is C23H26N6O4. The molecule has 0 saturated carbocycles. The van der Waals surface area contributed by atoms with Crippen LogP contribution in [0.2, 0.25) is 0 Å². The van der Waals surface area contributed by atoms with Crippen molar-refractivity contribution in [1.29, 1.82) is 0 Å². The third-order valence-corrected chi connectivity index (χ3v) is 5.72. The van der Waals surface area contributed by atoms with E-state index in [1.54, 1.807) is 19.2 Å². The molecule has 2 aromatic carbocycles. The van der Waals surface area contributed by atoms with Crippen LogP contribution in [0.4, 0.5) is 5.69 Å². The van der Waals surface area contributed by atoms with Crippen LogP contribution in [0.3, 0.4) is 0 Å². The number of aromatic amines is 1. The van der Waals surface area contributed by atoms with Crippen LogP contribution < -0.4 is 10.3 Å². The van der Waals surface area contributed by atoms with Gasteiger partial charge in [-0.15, -0.1) is 0 Å². The minimum atomic E-state index is -0.470. The van der Waals surface area contributed by atoms with E-state index in [2.05, 4.69) is 17.0 Å². The van der Waals surface area contributed by atoms with Crippen LogP contribution in [0, 0.1) is 10.1 Å². The van der Waals surface area contributed by atoms with Gasteiger partial charge in [0.1, 0.15) is 5.75 Å². The smallest absolute Gasteiger partial charge is 0.281 e. The lowest BCUT2D eigenvalue weighted by Gasteiger charge is -2.30. The highest BCUT2D eigenvalue weighted by molar-refractivity contribution is 6.03. The van der Waals surface area contributed by atoms with Crippen molar-refractivity contribution in [2.45, 2.75) is 6.92 Å². The van der Waals surface area contributed by atoms with Gasteiger partial charge in [0.25, 0.3) is 11.2 Å².